The van der Waals surface area contributed by atoms with Crippen molar-refractivity contribution in [3.63, 3.8) is 0 Å². The zero-order chi connectivity index (χ0) is 10.0. The first-order valence-electron chi connectivity index (χ1n) is 3.94. The first-order valence-corrected chi connectivity index (χ1v) is 3.94. The highest BCUT2D eigenvalue weighted by molar-refractivity contribution is 5.30. The van der Waals surface area contributed by atoms with E-state index in [0.717, 1.165) is 6.07 Å². The molecule has 0 saturated carbocycles. The van der Waals surface area contributed by atoms with E-state index in [1.54, 1.807) is 6.92 Å². The molecule has 0 heterocycles. The highest BCUT2D eigenvalue weighted by atomic mass is 18.2. The summed E-state index contributed by atoms with van der Waals surface area (Å²) in [6.07, 6.45) is -1.09. The second-order valence-corrected chi connectivity index (χ2v) is 3.01. The van der Waals surface area contributed by atoms with Crippen LogP contribution in [0.25, 0.3) is 0 Å². The highest BCUT2D eigenvalue weighted by Crippen LogP contribution is 2.23. The fourth-order valence-electron chi connectivity index (χ4n) is 1.04. The average molecular weight is 184 g/mol. The van der Waals surface area contributed by atoms with Crippen LogP contribution in [0.4, 0.5) is 4.39 Å². The Bertz CT molecular complexity index is 302. The third-order valence-corrected chi connectivity index (χ3v) is 1.80. The van der Waals surface area contributed by atoms with E-state index in [1.807, 2.05) is 0 Å². The summed E-state index contributed by atoms with van der Waals surface area (Å²) in [5.74, 6) is -0.654. The van der Waals surface area contributed by atoms with Crippen molar-refractivity contribution in [2.75, 3.05) is 0 Å². The number of nitrogens with two attached hydrogens (primary N) is 1. The number of hydrogen-bond acceptors (Lipinski definition) is 3. The molecule has 0 bridgehead atoms. The van der Waals surface area contributed by atoms with Crippen molar-refractivity contribution in [1.82, 2.24) is 0 Å². The van der Waals surface area contributed by atoms with Crippen LogP contribution in [0.15, 0.2) is 18.2 Å². The van der Waals surface area contributed by atoms with Gasteiger partial charge in [0.1, 0.15) is 11.6 Å². The van der Waals surface area contributed by atoms with Crippen LogP contribution in [0, 0.1) is 5.82 Å². The summed E-state index contributed by atoms with van der Waals surface area (Å²) in [5.41, 5.74) is 5.41. The molecule has 0 spiro atoms. The molecule has 4 heteroatoms. The van der Waals surface area contributed by atoms with E-state index in [2.05, 4.69) is 0 Å². The lowest BCUT2D eigenvalue weighted by molar-refractivity contribution is 0.148. The second kappa shape index (κ2) is 3.72. The number of hydrogen-bond donors (Lipinski definition) is 3. The molecule has 0 aliphatic carbocycles. The molecule has 1 aromatic rings. The van der Waals surface area contributed by atoms with E-state index in [-0.39, 0.29) is 11.3 Å². The van der Waals surface area contributed by atoms with Crippen LogP contribution in [-0.4, -0.2) is 16.3 Å². The van der Waals surface area contributed by atoms with Gasteiger partial charge in [-0.2, -0.15) is 0 Å². The van der Waals surface area contributed by atoms with Gasteiger partial charge in [-0.25, -0.2) is 4.39 Å². The van der Waals surface area contributed by atoms with Gasteiger partial charge in [-0.15, -0.1) is 0 Å². The van der Waals surface area contributed by atoms with Gasteiger partial charge in [0.05, 0.1) is 6.10 Å². The number of aliphatic hydroxyl groups excluding tert-OH is 1. The fourth-order valence-corrected chi connectivity index (χ4v) is 1.04. The number of aliphatic hydroxyl groups is 1. The molecule has 72 valence electrons. The standard InChI is InChI=1S/C9H12FNO2/c1-5(11)9(13)7-4-6(12)2-3-8(7)10/h2-5,9,12-13H,11H2,1H3/t5-,9-/m0/s1/i10-1. The summed E-state index contributed by atoms with van der Waals surface area (Å²) in [6, 6.07) is 2.91. The van der Waals surface area contributed by atoms with E-state index >= 15 is 0 Å². The predicted molar refractivity (Wildman–Crippen MR) is 46.7 cm³/mol. The van der Waals surface area contributed by atoms with Crippen molar-refractivity contribution in [2.24, 2.45) is 5.73 Å². The van der Waals surface area contributed by atoms with Gasteiger partial charge < -0.3 is 15.9 Å². The summed E-state index contributed by atoms with van der Waals surface area (Å²) >= 11 is 0. The minimum atomic E-state index is -1.09. The van der Waals surface area contributed by atoms with Crippen LogP contribution >= 0.6 is 0 Å². The minimum Gasteiger partial charge on any atom is -0.508 e. The Labute approximate surface area is 75.6 Å². The van der Waals surface area contributed by atoms with E-state index in [4.69, 9.17) is 10.8 Å². The Morgan fingerprint density at radius 2 is 2.08 bits per heavy atom. The quantitative estimate of drug-likeness (QED) is 0.640. The molecule has 2 atom stereocenters. The molecule has 0 aliphatic heterocycles. The Kier molecular flexibility index (Phi) is 2.85. The van der Waals surface area contributed by atoms with Gasteiger partial charge in [0, 0.05) is 11.6 Å². The lowest BCUT2D eigenvalue weighted by Crippen LogP contribution is -2.25. The molecule has 1 rings (SSSR count). The fraction of sp³-hybridized carbons (Fsp3) is 0.333. The molecule has 0 fully saturated rings. The Morgan fingerprint density at radius 1 is 1.46 bits per heavy atom. The van der Waals surface area contributed by atoms with Gasteiger partial charge in [0.25, 0.3) is 0 Å². The van der Waals surface area contributed by atoms with Gasteiger partial charge in [-0.1, -0.05) is 0 Å². The van der Waals surface area contributed by atoms with Gasteiger partial charge in [-0.05, 0) is 25.1 Å². The Balaban J connectivity index is 3.05. The third kappa shape index (κ3) is 2.17. The van der Waals surface area contributed by atoms with Crippen LogP contribution in [0.5, 0.6) is 5.75 Å². The lowest BCUT2D eigenvalue weighted by atomic mass is 10.0. The molecule has 0 unspecified atom stereocenters. The normalized spacial score (nSPS) is 15.4. The maximum absolute atomic E-state index is 13.1. The summed E-state index contributed by atoms with van der Waals surface area (Å²) in [4.78, 5) is 0. The highest BCUT2D eigenvalue weighted by Gasteiger charge is 2.16. The number of rotatable bonds is 2. The second-order valence-electron chi connectivity index (χ2n) is 3.01. The zero-order valence-corrected chi connectivity index (χ0v) is 7.24. The molecular weight excluding hydrogens is 172 g/mol. The van der Waals surface area contributed by atoms with Crippen molar-refractivity contribution in [3.8, 4) is 5.75 Å². The summed E-state index contributed by atoms with van der Waals surface area (Å²) < 4.78 is 13.1. The van der Waals surface area contributed by atoms with Crippen LogP contribution in [-0.2, 0) is 0 Å². The molecular formula is C9H12FNO2. The van der Waals surface area contributed by atoms with Crippen LogP contribution < -0.4 is 5.73 Å². The number of phenolic OH excluding ortho intramolecular Hbond substituents is 1. The maximum Gasteiger partial charge on any atom is 0.129 e. The smallest absolute Gasteiger partial charge is 0.129 e. The summed E-state index contributed by atoms with van der Waals surface area (Å²) in [6.45, 7) is 1.56. The maximum atomic E-state index is 13.1. The molecule has 0 radical (unpaired) electrons. The number of aromatic hydroxyl groups is 1. The largest absolute Gasteiger partial charge is 0.508 e. The van der Waals surface area contributed by atoms with Crippen molar-refractivity contribution >= 4 is 0 Å². The predicted octanol–water partition coefficient (Wildman–Crippen LogP) is 0.912. The summed E-state index contributed by atoms with van der Waals surface area (Å²) in [5, 5.41) is 18.5. The summed E-state index contributed by atoms with van der Waals surface area (Å²) in [7, 11) is 0. The molecule has 3 nitrogen and oxygen atoms in total. The molecule has 0 amide bonds. The van der Waals surface area contributed by atoms with E-state index in [0.29, 0.717) is 0 Å². The van der Waals surface area contributed by atoms with Gasteiger partial charge in [-0.3, -0.25) is 0 Å². The van der Waals surface area contributed by atoms with Gasteiger partial charge >= 0.3 is 0 Å². The number of halogens is 1. The van der Waals surface area contributed by atoms with Crippen molar-refractivity contribution in [3.05, 3.63) is 29.6 Å². The molecule has 0 saturated heterocycles. The van der Waals surface area contributed by atoms with E-state index in [1.165, 1.54) is 12.1 Å². The zero-order valence-electron chi connectivity index (χ0n) is 7.24. The molecule has 13 heavy (non-hydrogen) atoms. The van der Waals surface area contributed by atoms with Gasteiger partial charge in [0.15, 0.2) is 0 Å². The molecule has 0 aromatic heterocycles. The molecule has 1 aromatic carbocycles. The van der Waals surface area contributed by atoms with Crippen LogP contribution in [0.2, 0.25) is 0 Å². The topological polar surface area (TPSA) is 66.5 Å². The third-order valence-electron chi connectivity index (χ3n) is 1.80. The van der Waals surface area contributed by atoms with Gasteiger partial charge in [0.2, 0.25) is 0 Å². The van der Waals surface area contributed by atoms with Crippen molar-refractivity contribution in [2.45, 2.75) is 19.1 Å². The lowest BCUT2D eigenvalue weighted by Gasteiger charge is -2.15. The Morgan fingerprint density at radius 3 is 2.62 bits per heavy atom. The average Bonchev–Trinajstić information content (AvgIpc) is 2.08. The number of benzene rings is 1. The number of phenols is 1. The van der Waals surface area contributed by atoms with E-state index in [9.17, 15) is 9.50 Å². The molecule has 0 aliphatic rings. The van der Waals surface area contributed by atoms with Crippen LogP contribution in [0.3, 0.4) is 0 Å². The van der Waals surface area contributed by atoms with Crippen molar-refractivity contribution < 1.29 is 14.6 Å². The monoisotopic (exact) mass is 184 g/mol. The van der Waals surface area contributed by atoms with Crippen LogP contribution in [0.1, 0.15) is 18.6 Å². The van der Waals surface area contributed by atoms with Crippen molar-refractivity contribution in [1.29, 1.82) is 0 Å². The first kappa shape index (κ1) is 9.95. The minimum absolute atomic E-state index is 0.0231. The SMILES string of the molecule is C[C@H](N)[C@H](O)c1cc(O)ccc1[18F]. The first-order chi connectivity index (χ1) is 6.02. The Hall–Kier alpha value is -1.13. The van der Waals surface area contributed by atoms with E-state index < -0.39 is 18.0 Å². The molecule has 4 N–H and O–H groups in total.